The Morgan fingerprint density at radius 3 is 2.71 bits per heavy atom. The molecule has 0 spiro atoms. The number of hydrogen-bond donors (Lipinski definition) is 2. The molecule has 0 radical (unpaired) electrons. The second-order valence-corrected chi connectivity index (χ2v) is 6.82. The first-order chi connectivity index (χ1) is 15.1. The van der Waals surface area contributed by atoms with Gasteiger partial charge < -0.3 is 10.6 Å². The summed E-state index contributed by atoms with van der Waals surface area (Å²) in [5.41, 5.74) is 11.0. The van der Waals surface area contributed by atoms with Crippen molar-refractivity contribution in [2.75, 3.05) is 10.6 Å². The van der Waals surface area contributed by atoms with E-state index < -0.39 is 12.1 Å². The van der Waals surface area contributed by atoms with Crippen LogP contribution in [0, 0.1) is 0 Å². The van der Waals surface area contributed by atoms with Crippen LogP contribution in [0.5, 0.6) is 0 Å². The van der Waals surface area contributed by atoms with Gasteiger partial charge in [0.2, 0.25) is 0 Å². The van der Waals surface area contributed by atoms with Gasteiger partial charge in [-0.05, 0) is 23.2 Å². The SMILES string of the molecule is CC(N=[N+]=[N-])c1c(NC(=O)Nc2cnc(-n3nccn3)c(Cl)c2)cnc2ccccc12. The Morgan fingerprint density at radius 1 is 1.19 bits per heavy atom. The summed E-state index contributed by atoms with van der Waals surface area (Å²) in [6.07, 6.45) is 5.97. The van der Waals surface area contributed by atoms with Gasteiger partial charge in [-0.3, -0.25) is 4.98 Å². The number of rotatable bonds is 5. The van der Waals surface area contributed by atoms with Gasteiger partial charge in [-0.25, -0.2) is 9.78 Å². The number of para-hydroxylation sites is 1. The van der Waals surface area contributed by atoms with E-state index in [9.17, 15) is 4.79 Å². The predicted molar refractivity (Wildman–Crippen MR) is 116 cm³/mol. The lowest BCUT2D eigenvalue weighted by molar-refractivity contribution is 0.262. The fourth-order valence-electron chi connectivity index (χ4n) is 3.10. The second-order valence-electron chi connectivity index (χ2n) is 6.41. The van der Waals surface area contributed by atoms with E-state index in [0.29, 0.717) is 22.8 Å². The molecule has 0 saturated carbocycles. The van der Waals surface area contributed by atoms with Crippen molar-refractivity contribution >= 4 is 39.9 Å². The predicted octanol–water partition coefficient (Wildman–Crippen LogP) is 4.88. The molecular weight excluding hydrogens is 420 g/mol. The highest BCUT2D eigenvalue weighted by molar-refractivity contribution is 6.32. The number of carbonyl (C=O) groups is 1. The van der Waals surface area contributed by atoms with Crippen LogP contribution in [0.15, 0.2) is 60.2 Å². The first kappa shape index (κ1) is 20.1. The molecule has 2 amide bonds. The Balaban J connectivity index is 1.59. The first-order valence-electron chi connectivity index (χ1n) is 9.09. The third-order valence-electron chi connectivity index (χ3n) is 4.40. The summed E-state index contributed by atoms with van der Waals surface area (Å²) >= 11 is 6.24. The number of amides is 2. The molecule has 4 aromatic rings. The van der Waals surface area contributed by atoms with Crippen LogP contribution in [0.4, 0.5) is 16.2 Å². The number of aromatic nitrogens is 5. The number of pyridine rings is 2. The van der Waals surface area contributed by atoms with Crippen molar-refractivity contribution in [3.8, 4) is 5.82 Å². The molecule has 1 atom stereocenters. The summed E-state index contributed by atoms with van der Waals surface area (Å²) in [6, 6.07) is 7.89. The second kappa shape index (κ2) is 8.66. The van der Waals surface area contributed by atoms with Gasteiger partial charge in [-0.1, -0.05) is 41.8 Å². The van der Waals surface area contributed by atoms with Crippen LogP contribution in [0.25, 0.3) is 27.2 Å². The molecule has 31 heavy (non-hydrogen) atoms. The Hall–Kier alpha value is -4.21. The van der Waals surface area contributed by atoms with Gasteiger partial charge in [0, 0.05) is 10.3 Å². The van der Waals surface area contributed by atoms with E-state index in [2.05, 4.69) is 40.8 Å². The standard InChI is InChI=1S/C19H15ClN10O/c1-11(28-29-21)17-13-4-2-3-5-15(13)22-10-16(17)27-19(31)26-12-8-14(20)18(23-9-12)30-24-6-7-25-30/h2-11H,1H3,(H2,26,27,31). The zero-order valence-corrected chi connectivity index (χ0v) is 16.9. The van der Waals surface area contributed by atoms with Gasteiger partial charge >= 0.3 is 6.03 Å². The van der Waals surface area contributed by atoms with E-state index in [1.54, 1.807) is 6.92 Å². The molecule has 0 saturated heterocycles. The van der Waals surface area contributed by atoms with Crippen LogP contribution < -0.4 is 10.6 Å². The summed E-state index contributed by atoms with van der Waals surface area (Å²) in [5.74, 6) is 0.335. The molecule has 1 aromatic carbocycles. The molecule has 12 heteroatoms. The van der Waals surface area contributed by atoms with Crippen molar-refractivity contribution in [2.24, 2.45) is 5.11 Å². The van der Waals surface area contributed by atoms with E-state index >= 15 is 0 Å². The quantitative estimate of drug-likeness (QED) is 0.261. The number of anilines is 2. The third kappa shape index (κ3) is 4.22. The summed E-state index contributed by atoms with van der Waals surface area (Å²) in [7, 11) is 0. The maximum Gasteiger partial charge on any atom is 0.323 e. The molecule has 0 fully saturated rings. The minimum absolute atomic E-state index is 0.263. The van der Waals surface area contributed by atoms with Crippen LogP contribution in [0.3, 0.4) is 0 Å². The fourth-order valence-corrected chi connectivity index (χ4v) is 3.35. The lowest BCUT2D eigenvalue weighted by Gasteiger charge is -2.16. The Morgan fingerprint density at radius 2 is 1.97 bits per heavy atom. The molecule has 0 aliphatic heterocycles. The number of hydrogen-bond acceptors (Lipinski definition) is 6. The smallest absolute Gasteiger partial charge is 0.306 e. The van der Waals surface area contributed by atoms with Crippen LogP contribution in [0.1, 0.15) is 18.5 Å². The van der Waals surface area contributed by atoms with Crippen molar-refractivity contribution < 1.29 is 4.79 Å². The average molecular weight is 435 g/mol. The van der Waals surface area contributed by atoms with E-state index in [-0.39, 0.29) is 5.02 Å². The monoisotopic (exact) mass is 434 g/mol. The highest BCUT2D eigenvalue weighted by atomic mass is 35.5. The third-order valence-corrected chi connectivity index (χ3v) is 4.67. The zero-order chi connectivity index (χ0) is 21.8. The van der Waals surface area contributed by atoms with Crippen LogP contribution in [-0.4, -0.2) is 31.0 Å². The number of halogens is 1. The number of benzene rings is 1. The van der Waals surface area contributed by atoms with Crippen molar-refractivity contribution in [1.82, 2.24) is 25.0 Å². The van der Waals surface area contributed by atoms with Gasteiger partial charge in [0.05, 0.1) is 52.7 Å². The highest BCUT2D eigenvalue weighted by Gasteiger charge is 2.17. The van der Waals surface area contributed by atoms with Gasteiger partial charge in [-0.2, -0.15) is 10.2 Å². The number of nitrogens with one attached hydrogen (secondary N) is 2. The van der Waals surface area contributed by atoms with Crippen LogP contribution in [-0.2, 0) is 0 Å². The van der Waals surface area contributed by atoms with Gasteiger partial charge in [0.1, 0.15) is 0 Å². The number of fused-ring (bicyclic) bond motifs is 1. The van der Waals surface area contributed by atoms with Crippen molar-refractivity contribution in [3.05, 3.63) is 76.1 Å². The normalized spacial score (nSPS) is 11.5. The fraction of sp³-hybridized carbons (Fsp3) is 0.105. The van der Waals surface area contributed by atoms with E-state index in [1.165, 1.54) is 35.7 Å². The summed E-state index contributed by atoms with van der Waals surface area (Å²) < 4.78 is 0. The Kier molecular flexibility index (Phi) is 5.61. The number of azide groups is 1. The Bertz CT molecular complexity index is 1300. The van der Waals surface area contributed by atoms with E-state index in [1.807, 2.05) is 24.3 Å². The summed E-state index contributed by atoms with van der Waals surface area (Å²) in [6.45, 7) is 1.75. The summed E-state index contributed by atoms with van der Waals surface area (Å²) in [5, 5.41) is 18.2. The molecule has 0 aliphatic rings. The van der Waals surface area contributed by atoms with Crippen molar-refractivity contribution in [3.63, 3.8) is 0 Å². The number of urea groups is 1. The molecular formula is C19H15ClN10O. The molecule has 11 nitrogen and oxygen atoms in total. The maximum atomic E-state index is 12.6. The largest absolute Gasteiger partial charge is 0.323 e. The lowest BCUT2D eigenvalue weighted by atomic mass is 10.0. The molecule has 0 bridgehead atoms. The van der Waals surface area contributed by atoms with Crippen LogP contribution in [0.2, 0.25) is 5.02 Å². The maximum absolute atomic E-state index is 12.6. The van der Waals surface area contributed by atoms with Crippen molar-refractivity contribution in [1.29, 1.82) is 0 Å². The van der Waals surface area contributed by atoms with E-state index in [4.69, 9.17) is 17.1 Å². The topological polar surface area (TPSA) is 146 Å². The molecule has 4 rings (SSSR count). The lowest BCUT2D eigenvalue weighted by Crippen LogP contribution is -2.21. The first-order valence-corrected chi connectivity index (χ1v) is 9.46. The minimum Gasteiger partial charge on any atom is -0.306 e. The Labute approximate surface area is 180 Å². The molecule has 154 valence electrons. The van der Waals surface area contributed by atoms with Crippen molar-refractivity contribution in [2.45, 2.75) is 13.0 Å². The molecule has 1 unspecified atom stereocenters. The number of nitrogens with zero attached hydrogens (tertiary/aromatic N) is 8. The molecule has 0 aliphatic carbocycles. The van der Waals surface area contributed by atoms with Gasteiger partial charge in [0.15, 0.2) is 5.82 Å². The van der Waals surface area contributed by atoms with Crippen LogP contribution >= 0.6 is 11.6 Å². The average Bonchev–Trinajstić information content (AvgIpc) is 3.28. The molecule has 3 heterocycles. The molecule has 3 aromatic heterocycles. The van der Waals surface area contributed by atoms with Gasteiger partial charge in [0.25, 0.3) is 0 Å². The van der Waals surface area contributed by atoms with E-state index in [0.717, 1.165) is 10.9 Å². The highest BCUT2D eigenvalue weighted by Crippen LogP contribution is 2.32. The minimum atomic E-state index is -0.533. The zero-order valence-electron chi connectivity index (χ0n) is 16.1. The number of carbonyl (C=O) groups excluding carboxylic acids is 1. The van der Waals surface area contributed by atoms with Gasteiger partial charge in [-0.15, -0.1) is 4.80 Å². The molecule has 2 N–H and O–H groups in total. The summed E-state index contributed by atoms with van der Waals surface area (Å²) in [4.78, 5) is 25.3.